The lowest BCUT2D eigenvalue weighted by atomic mass is 9.95. The van der Waals surface area contributed by atoms with Crippen molar-refractivity contribution >= 4 is 0 Å². The number of hydrogen-bond acceptors (Lipinski definition) is 1. The van der Waals surface area contributed by atoms with Gasteiger partial charge in [-0.2, -0.15) is 0 Å². The highest BCUT2D eigenvalue weighted by Gasteiger charge is 2.18. The van der Waals surface area contributed by atoms with Crippen molar-refractivity contribution < 1.29 is 8.78 Å². The predicted octanol–water partition coefficient (Wildman–Crippen LogP) is 4.67. The van der Waals surface area contributed by atoms with E-state index in [2.05, 4.69) is 11.4 Å². The fourth-order valence-corrected chi connectivity index (χ4v) is 2.61. The molecule has 0 bridgehead atoms. The fourth-order valence-electron chi connectivity index (χ4n) is 2.61. The Balaban J connectivity index is 2.49. The second kappa shape index (κ2) is 6.81. The summed E-state index contributed by atoms with van der Waals surface area (Å²) in [6.45, 7) is 6.81. The lowest BCUT2D eigenvalue weighted by molar-refractivity contribution is 0.535. The Labute approximate surface area is 125 Å². The standard InChI is InChI=1S/C18H21F2N/c1-4-7-21-18(14-9-12(2)8-13(3)10-14)16-11-15(19)5-6-17(16)20/h5-6,8-11,18,21H,4,7H2,1-3H3. The Morgan fingerprint density at radius 3 is 2.29 bits per heavy atom. The molecule has 0 aliphatic carbocycles. The van der Waals surface area contributed by atoms with Gasteiger partial charge in [0.2, 0.25) is 0 Å². The van der Waals surface area contributed by atoms with E-state index in [1.54, 1.807) is 0 Å². The summed E-state index contributed by atoms with van der Waals surface area (Å²) in [5.74, 6) is -0.803. The van der Waals surface area contributed by atoms with E-state index >= 15 is 0 Å². The maximum Gasteiger partial charge on any atom is 0.128 e. The van der Waals surface area contributed by atoms with E-state index in [4.69, 9.17) is 0 Å². The Morgan fingerprint density at radius 2 is 1.67 bits per heavy atom. The molecule has 0 saturated carbocycles. The van der Waals surface area contributed by atoms with Gasteiger partial charge in [0.1, 0.15) is 11.6 Å². The molecule has 3 heteroatoms. The van der Waals surface area contributed by atoms with Crippen molar-refractivity contribution in [3.8, 4) is 0 Å². The van der Waals surface area contributed by atoms with Crippen LogP contribution in [0.25, 0.3) is 0 Å². The summed E-state index contributed by atoms with van der Waals surface area (Å²) < 4.78 is 27.6. The molecule has 1 atom stereocenters. The van der Waals surface area contributed by atoms with Crippen molar-refractivity contribution in [2.75, 3.05) is 6.54 Å². The lowest BCUT2D eigenvalue weighted by Crippen LogP contribution is -2.24. The first-order valence-electron chi connectivity index (χ1n) is 7.27. The Bertz CT molecular complexity index is 602. The van der Waals surface area contributed by atoms with Crippen molar-refractivity contribution in [3.63, 3.8) is 0 Å². The molecule has 0 radical (unpaired) electrons. The lowest BCUT2D eigenvalue weighted by Gasteiger charge is -2.21. The minimum absolute atomic E-state index is 0.334. The van der Waals surface area contributed by atoms with Crippen LogP contribution in [0.3, 0.4) is 0 Å². The third-order valence-corrected chi connectivity index (χ3v) is 3.44. The molecule has 0 aliphatic heterocycles. The zero-order chi connectivity index (χ0) is 15.4. The third kappa shape index (κ3) is 3.88. The van der Waals surface area contributed by atoms with Gasteiger partial charge in [0.15, 0.2) is 0 Å². The first-order chi connectivity index (χ1) is 10.0. The van der Waals surface area contributed by atoms with Gasteiger partial charge in [-0.05, 0) is 50.6 Å². The summed E-state index contributed by atoms with van der Waals surface area (Å²) in [6.07, 6.45) is 0.929. The van der Waals surface area contributed by atoms with Gasteiger partial charge in [-0.3, -0.25) is 0 Å². The van der Waals surface area contributed by atoms with Gasteiger partial charge >= 0.3 is 0 Å². The van der Waals surface area contributed by atoms with Crippen molar-refractivity contribution in [1.29, 1.82) is 0 Å². The zero-order valence-electron chi connectivity index (χ0n) is 12.7. The van der Waals surface area contributed by atoms with E-state index in [-0.39, 0.29) is 11.9 Å². The van der Waals surface area contributed by atoms with E-state index in [1.165, 1.54) is 12.1 Å². The second-order valence-electron chi connectivity index (χ2n) is 5.47. The Kier molecular flexibility index (Phi) is 5.07. The molecule has 2 aromatic rings. The second-order valence-corrected chi connectivity index (χ2v) is 5.47. The zero-order valence-corrected chi connectivity index (χ0v) is 12.7. The van der Waals surface area contributed by atoms with Gasteiger partial charge in [0, 0.05) is 5.56 Å². The molecular weight excluding hydrogens is 268 g/mol. The number of rotatable bonds is 5. The average molecular weight is 289 g/mol. The number of halogens is 2. The molecular formula is C18H21F2N. The minimum Gasteiger partial charge on any atom is -0.306 e. The monoisotopic (exact) mass is 289 g/mol. The van der Waals surface area contributed by atoms with Crippen LogP contribution in [0, 0.1) is 25.5 Å². The summed E-state index contributed by atoms with van der Waals surface area (Å²) >= 11 is 0. The topological polar surface area (TPSA) is 12.0 Å². The number of hydrogen-bond donors (Lipinski definition) is 1. The van der Waals surface area contributed by atoms with Crippen molar-refractivity contribution in [1.82, 2.24) is 5.32 Å². The summed E-state index contributed by atoms with van der Waals surface area (Å²) in [5.41, 5.74) is 3.55. The van der Waals surface area contributed by atoms with Crippen LogP contribution >= 0.6 is 0 Å². The van der Waals surface area contributed by atoms with Crippen LogP contribution in [0.4, 0.5) is 8.78 Å². The molecule has 112 valence electrons. The normalized spacial score (nSPS) is 12.4. The van der Waals surface area contributed by atoms with Crippen LogP contribution in [0.15, 0.2) is 36.4 Å². The molecule has 0 fully saturated rings. The molecule has 0 amide bonds. The van der Waals surface area contributed by atoms with Crippen LogP contribution in [0.5, 0.6) is 0 Å². The maximum atomic E-state index is 14.1. The fraction of sp³-hybridized carbons (Fsp3) is 0.333. The van der Waals surface area contributed by atoms with Crippen molar-refractivity contribution in [2.45, 2.75) is 33.2 Å². The molecule has 0 aromatic heterocycles. The first kappa shape index (κ1) is 15.6. The first-order valence-corrected chi connectivity index (χ1v) is 7.27. The van der Waals surface area contributed by atoms with E-state index < -0.39 is 5.82 Å². The molecule has 1 nitrogen and oxygen atoms in total. The summed E-state index contributed by atoms with van der Waals surface area (Å²) in [6, 6.07) is 9.39. The van der Waals surface area contributed by atoms with Crippen LogP contribution < -0.4 is 5.32 Å². The summed E-state index contributed by atoms with van der Waals surface area (Å²) in [4.78, 5) is 0. The number of aryl methyl sites for hydroxylation is 2. The Hall–Kier alpha value is -1.74. The molecule has 2 rings (SSSR count). The van der Waals surface area contributed by atoms with Crippen LogP contribution in [-0.4, -0.2) is 6.54 Å². The molecule has 1 unspecified atom stereocenters. The summed E-state index contributed by atoms with van der Waals surface area (Å²) in [5, 5.41) is 3.32. The summed E-state index contributed by atoms with van der Waals surface area (Å²) in [7, 11) is 0. The highest BCUT2D eigenvalue weighted by atomic mass is 19.1. The molecule has 2 aromatic carbocycles. The predicted molar refractivity (Wildman–Crippen MR) is 82.4 cm³/mol. The third-order valence-electron chi connectivity index (χ3n) is 3.44. The van der Waals surface area contributed by atoms with Gasteiger partial charge in [-0.25, -0.2) is 8.78 Å². The largest absolute Gasteiger partial charge is 0.306 e. The van der Waals surface area contributed by atoms with E-state index in [1.807, 2.05) is 32.9 Å². The quantitative estimate of drug-likeness (QED) is 0.843. The molecule has 1 N–H and O–H groups in total. The molecule has 0 aliphatic rings. The van der Waals surface area contributed by atoms with Gasteiger partial charge in [-0.1, -0.05) is 36.2 Å². The molecule has 21 heavy (non-hydrogen) atoms. The molecule has 0 heterocycles. The smallest absolute Gasteiger partial charge is 0.128 e. The van der Waals surface area contributed by atoms with E-state index in [9.17, 15) is 8.78 Å². The van der Waals surface area contributed by atoms with E-state index in [0.717, 1.165) is 35.7 Å². The van der Waals surface area contributed by atoms with Crippen LogP contribution in [-0.2, 0) is 0 Å². The van der Waals surface area contributed by atoms with Crippen molar-refractivity contribution in [3.05, 3.63) is 70.3 Å². The van der Waals surface area contributed by atoms with E-state index in [0.29, 0.717) is 5.56 Å². The van der Waals surface area contributed by atoms with Crippen LogP contribution in [0.2, 0.25) is 0 Å². The van der Waals surface area contributed by atoms with Crippen LogP contribution in [0.1, 0.15) is 41.6 Å². The number of nitrogens with one attached hydrogen (secondary N) is 1. The Morgan fingerprint density at radius 1 is 1.00 bits per heavy atom. The van der Waals surface area contributed by atoms with Gasteiger partial charge in [0.25, 0.3) is 0 Å². The van der Waals surface area contributed by atoms with Gasteiger partial charge < -0.3 is 5.32 Å². The van der Waals surface area contributed by atoms with Crippen molar-refractivity contribution in [2.24, 2.45) is 0 Å². The molecule has 0 spiro atoms. The minimum atomic E-state index is -0.418. The van der Waals surface area contributed by atoms with Gasteiger partial charge in [0.05, 0.1) is 6.04 Å². The maximum absolute atomic E-state index is 14.1. The molecule has 0 saturated heterocycles. The average Bonchev–Trinajstić information content (AvgIpc) is 2.42. The highest BCUT2D eigenvalue weighted by Crippen LogP contribution is 2.27. The highest BCUT2D eigenvalue weighted by molar-refractivity contribution is 5.37. The number of benzene rings is 2. The SMILES string of the molecule is CCCNC(c1cc(C)cc(C)c1)c1cc(F)ccc1F. The van der Waals surface area contributed by atoms with Gasteiger partial charge in [-0.15, -0.1) is 0 Å².